The highest BCUT2D eigenvalue weighted by atomic mass is 16.5. The number of aromatic nitrogens is 2. The Balaban J connectivity index is 1.27. The Kier molecular flexibility index (Phi) is 4.23. The molecule has 5 fully saturated rings. The molecule has 6 heteroatoms. The van der Waals surface area contributed by atoms with Crippen LogP contribution in [0, 0.1) is 23.2 Å². The third-order valence-electron chi connectivity index (χ3n) is 11.1. The molecule has 3 saturated carbocycles. The van der Waals surface area contributed by atoms with Gasteiger partial charge in [-0.05, 0) is 97.9 Å². The first-order chi connectivity index (χ1) is 17.2. The second-order valence-corrected chi connectivity index (χ2v) is 12.2. The van der Waals surface area contributed by atoms with E-state index in [1.165, 1.54) is 58.0 Å². The summed E-state index contributed by atoms with van der Waals surface area (Å²) in [6.45, 7) is 3.67. The Morgan fingerprint density at radius 3 is 2.83 bits per heavy atom. The number of methoxy groups -OCH3 is 2. The van der Waals surface area contributed by atoms with Gasteiger partial charge in [-0.1, -0.05) is 6.07 Å². The first-order valence-corrected chi connectivity index (χ1v) is 13.7. The van der Waals surface area contributed by atoms with Crippen molar-refractivity contribution in [3.05, 3.63) is 41.6 Å². The van der Waals surface area contributed by atoms with Gasteiger partial charge in [-0.3, -0.25) is 4.90 Å². The number of benzene rings is 1. The van der Waals surface area contributed by atoms with Crippen molar-refractivity contribution in [3.63, 3.8) is 0 Å². The molecule has 0 radical (unpaired) electrons. The first-order valence-electron chi connectivity index (χ1n) is 13.7. The number of piperidine rings is 1. The van der Waals surface area contributed by atoms with Gasteiger partial charge in [0.2, 0.25) is 11.8 Å². The maximum absolute atomic E-state index is 5.80. The van der Waals surface area contributed by atoms with Crippen molar-refractivity contribution in [2.45, 2.75) is 62.4 Å². The second kappa shape index (κ2) is 7.12. The van der Waals surface area contributed by atoms with Crippen LogP contribution in [0.3, 0.4) is 0 Å². The van der Waals surface area contributed by atoms with Crippen LogP contribution in [0.2, 0.25) is 0 Å². The van der Waals surface area contributed by atoms with Gasteiger partial charge in [0.15, 0.2) is 0 Å². The topological polar surface area (TPSA) is 50.7 Å². The van der Waals surface area contributed by atoms with Gasteiger partial charge in [0.1, 0.15) is 5.75 Å². The zero-order valence-corrected chi connectivity index (χ0v) is 20.9. The maximum Gasteiger partial charge on any atom is 0.228 e. The van der Waals surface area contributed by atoms with Gasteiger partial charge in [0.25, 0.3) is 0 Å². The lowest BCUT2D eigenvalue weighted by atomic mass is 9.43. The Morgan fingerprint density at radius 2 is 2.00 bits per heavy atom. The minimum Gasteiger partial charge on any atom is -0.497 e. The summed E-state index contributed by atoms with van der Waals surface area (Å²) >= 11 is 0. The molecule has 2 aliphatic heterocycles. The fourth-order valence-corrected chi connectivity index (χ4v) is 9.88. The highest BCUT2D eigenvalue weighted by Crippen LogP contribution is 2.75. The third-order valence-corrected chi connectivity index (χ3v) is 11.1. The van der Waals surface area contributed by atoms with Gasteiger partial charge < -0.3 is 14.4 Å². The van der Waals surface area contributed by atoms with Gasteiger partial charge in [-0.15, -0.1) is 0 Å². The van der Waals surface area contributed by atoms with Gasteiger partial charge in [-0.25, -0.2) is 4.98 Å². The molecular formula is C29H36N4O2. The average Bonchev–Trinajstić information content (AvgIpc) is 3.58. The summed E-state index contributed by atoms with van der Waals surface area (Å²) in [5.74, 6) is 4.88. The molecule has 6 aliphatic rings. The van der Waals surface area contributed by atoms with Crippen LogP contribution in [0.25, 0.3) is 0 Å². The van der Waals surface area contributed by atoms with Crippen molar-refractivity contribution >= 4 is 5.95 Å². The second-order valence-electron chi connectivity index (χ2n) is 12.2. The van der Waals surface area contributed by atoms with Gasteiger partial charge in [-0.2, -0.15) is 4.98 Å². The fraction of sp³-hybridized carbons (Fsp3) is 0.655. The Labute approximate surface area is 208 Å². The van der Waals surface area contributed by atoms with Crippen LogP contribution in [-0.4, -0.2) is 60.8 Å². The molecule has 0 spiro atoms. The molecular weight excluding hydrogens is 436 g/mol. The molecule has 1 aromatic heterocycles. The molecule has 0 N–H and O–H groups in total. The van der Waals surface area contributed by atoms with E-state index < -0.39 is 0 Å². The van der Waals surface area contributed by atoms with E-state index in [1.807, 2.05) is 19.4 Å². The van der Waals surface area contributed by atoms with Crippen LogP contribution in [0.15, 0.2) is 30.5 Å². The Bertz CT molecular complexity index is 1180. The van der Waals surface area contributed by atoms with Crippen molar-refractivity contribution < 1.29 is 9.47 Å². The summed E-state index contributed by atoms with van der Waals surface area (Å²) < 4.78 is 11.3. The minimum absolute atomic E-state index is 0.251. The predicted octanol–water partition coefficient (Wildman–Crippen LogP) is 4.08. The molecule has 3 heterocycles. The lowest BCUT2D eigenvalue weighted by molar-refractivity contribution is -0.0921. The van der Waals surface area contributed by atoms with E-state index in [4.69, 9.17) is 19.4 Å². The van der Waals surface area contributed by atoms with E-state index in [2.05, 4.69) is 28.0 Å². The first kappa shape index (κ1) is 20.8. The van der Waals surface area contributed by atoms with E-state index in [9.17, 15) is 0 Å². The number of hydrogen-bond donors (Lipinski definition) is 0. The van der Waals surface area contributed by atoms with Gasteiger partial charge in [0.05, 0.1) is 14.2 Å². The maximum atomic E-state index is 5.80. The summed E-state index contributed by atoms with van der Waals surface area (Å²) in [5.41, 5.74) is 3.88. The van der Waals surface area contributed by atoms with E-state index in [-0.39, 0.29) is 5.41 Å². The lowest BCUT2D eigenvalue weighted by Gasteiger charge is -2.66. The van der Waals surface area contributed by atoms with E-state index in [1.54, 1.807) is 18.2 Å². The van der Waals surface area contributed by atoms with Crippen LogP contribution >= 0.6 is 0 Å². The smallest absolute Gasteiger partial charge is 0.228 e. The molecule has 1 aromatic carbocycles. The number of likely N-dealkylation sites (tertiary alicyclic amines) is 1. The number of ether oxygens (including phenoxy) is 2. The largest absolute Gasteiger partial charge is 0.497 e. The standard InChI is InChI=1S/C29H36N4O2/c1-34-21-6-5-19-13-24-28-9-7-23-26(20(15-28)17-33(23)27-30-11-8-25(31-27)35-2)29(28,22(19)14-21)10-12-32(24)16-18-3-4-18/h5-6,8,11,14,18,20,23-24,26H,3-4,7,9-10,12-13,15-17H2,1-2H3/t20-,23?,24?,26?,28?,29?/m1/s1. The van der Waals surface area contributed by atoms with Gasteiger partial charge in [0, 0.05) is 42.9 Å². The normalized spacial score (nSPS) is 38.7. The molecule has 5 unspecified atom stereocenters. The third kappa shape index (κ3) is 2.59. The average molecular weight is 473 g/mol. The lowest BCUT2D eigenvalue weighted by Crippen LogP contribution is -2.69. The molecule has 4 bridgehead atoms. The van der Waals surface area contributed by atoms with Crippen LogP contribution in [0.4, 0.5) is 5.95 Å². The highest BCUT2D eigenvalue weighted by molar-refractivity contribution is 5.53. The number of fused-ring (bicyclic) bond motifs is 1. The van der Waals surface area contributed by atoms with E-state index in [0.29, 0.717) is 35.2 Å². The summed E-state index contributed by atoms with van der Waals surface area (Å²) in [6.07, 6.45) is 11.2. The summed E-state index contributed by atoms with van der Waals surface area (Å²) in [5, 5.41) is 0. The number of rotatable bonds is 5. The molecule has 35 heavy (non-hydrogen) atoms. The Hall–Kier alpha value is -2.34. The number of hydrogen-bond acceptors (Lipinski definition) is 6. The van der Waals surface area contributed by atoms with Crippen molar-refractivity contribution in [1.82, 2.24) is 14.9 Å². The quantitative estimate of drug-likeness (QED) is 0.654. The number of nitrogens with zero attached hydrogens (tertiary/aromatic N) is 4. The van der Waals surface area contributed by atoms with Crippen molar-refractivity contribution in [3.8, 4) is 11.6 Å². The minimum atomic E-state index is 0.251. The summed E-state index contributed by atoms with van der Waals surface area (Å²) in [4.78, 5) is 15.0. The van der Waals surface area contributed by atoms with Crippen LogP contribution in [0.5, 0.6) is 11.6 Å². The van der Waals surface area contributed by atoms with Crippen LogP contribution in [-0.2, 0) is 11.8 Å². The number of anilines is 1. The molecule has 2 saturated heterocycles. The molecule has 8 rings (SSSR count). The Morgan fingerprint density at radius 1 is 1.09 bits per heavy atom. The van der Waals surface area contributed by atoms with E-state index in [0.717, 1.165) is 24.2 Å². The molecule has 184 valence electrons. The zero-order valence-electron chi connectivity index (χ0n) is 20.9. The summed E-state index contributed by atoms with van der Waals surface area (Å²) in [7, 11) is 3.51. The monoisotopic (exact) mass is 472 g/mol. The van der Waals surface area contributed by atoms with Crippen LogP contribution in [0.1, 0.15) is 49.7 Å². The SMILES string of the molecule is COc1ccc2c(c1)C13CCN(CC4CC4)C(C2)C12CCC1C3[C@@H](CN1c1nccc(OC)n1)C2. The highest BCUT2D eigenvalue weighted by Gasteiger charge is 2.76. The molecule has 6 nitrogen and oxygen atoms in total. The summed E-state index contributed by atoms with van der Waals surface area (Å²) in [6, 6.07) is 10.1. The van der Waals surface area contributed by atoms with Crippen LogP contribution < -0.4 is 14.4 Å². The van der Waals surface area contributed by atoms with Crippen molar-refractivity contribution in [1.29, 1.82) is 0 Å². The predicted molar refractivity (Wildman–Crippen MR) is 134 cm³/mol. The molecule has 6 atom stereocenters. The fourth-order valence-electron chi connectivity index (χ4n) is 9.88. The van der Waals surface area contributed by atoms with E-state index >= 15 is 0 Å². The molecule has 4 aliphatic carbocycles. The molecule has 0 amide bonds. The van der Waals surface area contributed by atoms with Gasteiger partial charge >= 0.3 is 0 Å². The molecule has 2 aromatic rings. The zero-order chi connectivity index (χ0) is 23.4. The van der Waals surface area contributed by atoms with Crippen molar-refractivity contribution in [2.24, 2.45) is 23.2 Å². The van der Waals surface area contributed by atoms with Crippen molar-refractivity contribution in [2.75, 3.05) is 38.8 Å².